The van der Waals surface area contributed by atoms with Gasteiger partial charge in [0.05, 0.1) is 11.4 Å². The van der Waals surface area contributed by atoms with Crippen LogP contribution in [0, 0.1) is 0 Å². The van der Waals surface area contributed by atoms with Crippen LogP contribution in [0.1, 0.15) is 85.4 Å². The largest absolute Gasteiger partial charge is 0.458 e. The number of anilines is 2. The molecule has 4 aromatic rings. The minimum atomic E-state index is -0.580. The maximum Gasteiger partial charge on any atom is 0.306 e. The van der Waals surface area contributed by atoms with Gasteiger partial charge in [0.2, 0.25) is 0 Å². The fraction of sp³-hybridized carbons (Fsp3) is 0.139. The second-order valence-electron chi connectivity index (χ2n) is 10.9. The molecule has 0 saturated heterocycles. The molecule has 0 bridgehead atoms. The van der Waals surface area contributed by atoms with Gasteiger partial charge < -0.3 is 4.74 Å². The topological polar surface area (TPSA) is 101 Å². The highest BCUT2D eigenvalue weighted by atomic mass is 16.5. The Morgan fingerprint density at radius 3 is 1.80 bits per heavy atom. The van der Waals surface area contributed by atoms with Crippen molar-refractivity contribution in [1.82, 2.24) is 0 Å². The van der Waals surface area contributed by atoms with Gasteiger partial charge in [0.1, 0.15) is 6.10 Å². The van der Waals surface area contributed by atoms with Crippen LogP contribution in [0.5, 0.6) is 0 Å². The van der Waals surface area contributed by atoms with Crippen LogP contribution in [0.3, 0.4) is 0 Å². The fourth-order valence-electron chi connectivity index (χ4n) is 6.08. The summed E-state index contributed by atoms with van der Waals surface area (Å²) in [5, 5.41) is 0.601. The Morgan fingerprint density at radius 2 is 1.30 bits per heavy atom. The number of allylic oxidation sites excluding steroid dienone is 4. The molecule has 3 aliphatic rings. The first kappa shape index (κ1) is 27.2. The number of benzene rings is 4. The van der Waals surface area contributed by atoms with Crippen molar-refractivity contribution in [3.63, 3.8) is 0 Å². The molecule has 0 saturated carbocycles. The first-order valence-corrected chi connectivity index (χ1v) is 14.4. The lowest BCUT2D eigenvalue weighted by molar-refractivity contribution is -0.148. The summed E-state index contributed by atoms with van der Waals surface area (Å²) >= 11 is 0. The van der Waals surface area contributed by atoms with E-state index in [1.165, 1.54) is 12.1 Å². The number of rotatable bonds is 6. The zero-order valence-electron chi connectivity index (χ0n) is 24.0. The molecule has 4 amide bonds. The third-order valence-electron chi connectivity index (χ3n) is 8.32. The van der Waals surface area contributed by atoms with Crippen LogP contribution >= 0.6 is 0 Å². The van der Waals surface area contributed by atoms with Crippen molar-refractivity contribution in [3.8, 4) is 0 Å². The zero-order valence-corrected chi connectivity index (χ0v) is 24.0. The molecule has 2 heterocycles. The smallest absolute Gasteiger partial charge is 0.306 e. The minimum Gasteiger partial charge on any atom is -0.458 e. The third-order valence-corrected chi connectivity index (χ3v) is 8.32. The number of imide groups is 2. The third kappa shape index (κ3) is 4.10. The lowest BCUT2D eigenvalue weighted by atomic mass is 9.85. The SMILES string of the molecule is CCC(=O)OC(C)c1cccc(N2C(=O)c3ccc4c5c(ccc(c35)C2=O)C(=O)N(c2ccc(C3=CCC=C3)cc2)C4=O)c1. The Kier molecular flexibility index (Phi) is 6.35. The van der Waals surface area contributed by atoms with Crippen molar-refractivity contribution in [3.05, 3.63) is 124 Å². The summed E-state index contributed by atoms with van der Waals surface area (Å²) < 4.78 is 5.42. The Labute approximate surface area is 252 Å². The van der Waals surface area contributed by atoms with Gasteiger partial charge in [-0.05, 0) is 78.6 Å². The Morgan fingerprint density at radius 1 is 0.750 bits per heavy atom. The molecule has 216 valence electrons. The van der Waals surface area contributed by atoms with Gasteiger partial charge >= 0.3 is 5.97 Å². The second kappa shape index (κ2) is 10.3. The molecule has 0 fully saturated rings. The van der Waals surface area contributed by atoms with E-state index in [0.717, 1.165) is 27.4 Å². The number of hydrogen-bond acceptors (Lipinski definition) is 6. The van der Waals surface area contributed by atoms with Gasteiger partial charge in [0.25, 0.3) is 23.6 Å². The second-order valence-corrected chi connectivity index (χ2v) is 10.9. The van der Waals surface area contributed by atoms with E-state index in [2.05, 4.69) is 12.2 Å². The molecule has 7 rings (SSSR count). The lowest BCUT2D eigenvalue weighted by Crippen LogP contribution is -2.43. The first-order chi connectivity index (χ1) is 21.3. The Hall–Kier alpha value is -5.63. The standard InChI is InChI=1S/C36H26N2O6/c1-3-30(39)44-20(2)23-9-6-10-25(19-23)38-35(42)28-17-15-26-31-27(16-18-29(32(28)31)36(38)43)34(41)37(33(26)40)24-13-11-22(12-14-24)21-7-4-5-8-21/h4,6-20H,3,5H2,1-2H3. The summed E-state index contributed by atoms with van der Waals surface area (Å²) in [4.78, 5) is 69.4. The summed E-state index contributed by atoms with van der Waals surface area (Å²) in [7, 11) is 0. The number of carbonyl (C=O) groups is 5. The molecule has 8 nitrogen and oxygen atoms in total. The Bertz CT molecular complexity index is 1950. The molecule has 1 atom stereocenters. The number of esters is 1. The van der Waals surface area contributed by atoms with E-state index in [4.69, 9.17) is 4.74 Å². The molecule has 0 aromatic heterocycles. The van der Waals surface area contributed by atoms with Crippen molar-refractivity contribution in [2.24, 2.45) is 0 Å². The van der Waals surface area contributed by atoms with Gasteiger partial charge in [0.15, 0.2) is 0 Å². The molecule has 44 heavy (non-hydrogen) atoms. The number of hydrogen-bond donors (Lipinski definition) is 0. The van der Waals surface area contributed by atoms with Crippen LogP contribution in [-0.2, 0) is 9.53 Å². The van der Waals surface area contributed by atoms with E-state index in [1.54, 1.807) is 62.4 Å². The quantitative estimate of drug-likeness (QED) is 0.183. The van der Waals surface area contributed by atoms with Crippen LogP contribution in [0.15, 0.2) is 91.0 Å². The van der Waals surface area contributed by atoms with E-state index in [9.17, 15) is 24.0 Å². The van der Waals surface area contributed by atoms with Crippen LogP contribution in [0.4, 0.5) is 11.4 Å². The van der Waals surface area contributed by atoms with Gasteiger partial charge in [0, 0.05) is 39.4 Å². The average Bonchev–Trinajstić information content (AvgIpc) is 3.58. The maximum atomic E-state index is 13.9. The lowest BCUT2D eigenvalue weighted by Gasteiger charge is -2.32. The van der Waals surface area contributed by atoms with E-state index in [-0.39, 0.29) is 34.6 Å². The highest BCUT2D eigenvalue weighted by Gasteiger charge is 2.40. The van der Waals surface area contributed by atoms with Gasteiger partial charge in [-0.3, -0.25) is 24.0 Å². The number of amides is 4. The maximum absolute atomic E-state index is 13.9. The molecule has 2 aliphatic heterocycles. The predicted molar refractivity (Wildman–Crippen MR) is 166 cm³/mol. The van der Waals surface area contributed by atoms with E-state index in [1.807, 2.05) is 18.2 Å². The number of nitrogens with zero attached hydrogens (tertiary/aromatic N) is 2. The van der Waals surface area contributed by atoms with E-state index in [0.29, 0.717) is 27.7 Å². The summed E-state index contributed by atoms with van der Waals surface area (Å²) in [5.41, 5.74) is 4.37. The highest BCUT2D eigenvalue weighted by Crippen LogP contribution is 2.40. The van der Waals surface area contributed by atoms with Gasteiger partial charge in [-0.15, -0.1) is 0 Å². The van der Waals surface area contributed by atoms with Crippen LogP contribution in [-0.4, -0.2) is 29.6 Å². The number of carbonyl (C=O) groups excluding carboxylic acids is 5. The van der Waals surface area contributed by atoms with Crippen LogP contribution in [0.2, 0.25) is 0 Å². The Balaban J connectivity index is 1.27. The van der Waals surface area contributed by atoms with Gasteiger partial charge in [-0.25, -0.2) is 9.80 Å². The number of ether oxygens (including phenoxy) is 1. The average molecular weight is 583 g/mol. The fourth-order valence-corrected chi connectivity index (χ4v) is 6.08. The summed E-state index contributed by atoms with van der Waals surface area (Å²) in [6, 6.07) is 20.1. The molecular weight excluding hydrogens is 556 g/mol. The normalized spacial score (nSPS) is 16.1. The van der Waals surface area contributed by atoms with Crippen molar-refractivity contribution >= 4 is 57.3 Å². The van der Waals surface area contributed by atoms with Crippen molar-refractivity contribution in [2.45, 2.75) is 32.8 Å². The van der Waals surface area contributed by atoms with Gasteiger partial charge in [-0.1, -0.05) is 49.4 Å². The van der Waals surface area contributed by atoms with Crippen molar-refractivity contribution in [1.29, 1.82) is 0 Å². The van der Waals surface area contributed by atoms with E-state index < -0.39 is 29.7 Å². The summed E-state index contributed by atoms with van der Waals surface area (Å²) in [6.07, 6.45) is 6.72. The molecular formula is C36H26N2O6. The van der Waals surface area contributed by atoms with Crippen molar-refractivity contribution < 1.29 is 28.7 Å². The predicted octanol–water partition coefficient (Wildman–Crippen LogP) is 6.80. The molecule has 1 aliphatic carbocycles. The van der Waals surface area contributed by atoms with E-state index >= 15 is 0 Å². The summed E-state index contributed by atoms with van der Waals surface area (Å²) in [5.74, 6) is -2.56. The molecule has 8 heteroatoms. The monoisotopic (exact) mass is 582 g/mol. The highest BCUT2D eigenvalue weighted by molar-refractivity contribution is 6.42. The van der Waals surface area contributed by atoms with Crippen molar-refractivity contribution in [2.75, 3.05) is 9.80 Å². The van der Waals surface area contributed by atoms with Crippen LogP contribution in [0.25, 0.3) is 16.3 Å². The van der Waals surface area contributed by atoms with Gasteiger partial charge in [-0.2, -0.15) is 0 Å². The zero-order chi connectivity index (χ0) is 30.7. The molecule has 4 aromatic carbocycles. The summed E-state index contributed by atoms with van der Waals surface area (Å²) in [6.45, 7) is 3.42. The minimum absolute atomic E-state index is 0.215. The molecule has 1 unspecified atom stereocenters. The molecule has 0 spiro atoms. The van der Waals surface area contributed by atoms with Crippen LogP contribution < -0.4 is 9.80 Å². The first-order valence-electron chi connectivity index (χ1n) is 14.4. The molecule has 0 N–H and O–H groups in total. The molecule has 0 radical (unpaired) electrons.